The molecule has 0 saturated heterocycles. The van der Waals surface area contributed by atoms with Gasteiger partial charge in [-0.1, -0.05) is 48.0 Å². The van der Waals surface area contributed by atoms with Crippen molar-refractivity contribution in [2.45, 2.75) is 6.04 Å². The quantitative estimate of drug-likeness (QED) is 0.910. The summed E-state index contributed by atoms with van der Waals surface area (Å²) in [5.41, 5.74) is 0.513. The zero-order valence-corrected chi connectivity index (χ0v) is 11.3. The van der Waals surface area contributed by atoms with E-state index in [9.17, 15) is 14.3 Å². The van der Waals surface area contributed by atoms with Crippen LogP contribution in [0.25, 0.3) is 0 Å². The lowest BCUT2D eigenvalue weighted by molar-refractivity contribution is 0.0912. The van der Waals surface area contributed by atoms with Crippen LogP contribution < -0.4 is 5.32 Å². The Bertz CT molecular complexity index is 584. The van der Waals surface area contributed by atoms with Gasteiger partial charge < -0.3 is 10.4 Å². The second kappa shape index (κ2) is 6.50. The summed E-state index contributed by atoms with van der Waals surface area (Å²) in [6.45, 7) is -0.290. The Balaban J connectivity index is 2.22. The molecule has 0 fully saturated rings. The Kier molecular flexibility index (Phi) is 4.71. The predicted octanol–water partition coefficient (Wildman–Crippen LogP) is 2.94. The Labute approximate surface area is 121 Å². The average Bonchev–Trinajstić information content (AvgIpc) is 2.45. The Morgan fingerprint density at radius 3 is 2.50 bits per heavy atom. The first kappa shape index (κ1) is 14.5. The molecule has 2 aromatic rings. The lowest BCUT2D eigenvalue weighted by Crippen LogP contribution is -2.31. The van der Waals surface area contributed by atoms with Gasteiger partial charge in [0.2, 0.25) is 0 Å². The summed E-state index contributed by atoms with van der Waals surface area (Å²) in [6.07, 6.45) is 0. The number of aliphatic hydroxyl groups excluding tert-OH is 1. The number of rotatable bonds is 4. The Morgan fingerprint density at radius 1 is 1.20 bits per heavy atom. The lowest BCUT2D eigenvalue weighted by Gasteiger charge is -2.17. The monoisotopic (exact) mass is 293 g/mol. The van der Waals surface area contributed by atoms with E-state index in [1.165, 1.54) is 12.1 Å². The molecule has 0 aliphatic rings. The van der Waals surface area contributed by atoms with Crippen molar-refractivity contribution < 1.29 is 14.3 Å². The fourth-order valence-corrected chi connectivity index (χ4v) is 2.11. The Morgan fingerprint density at radius 2 is 1.90 bits per heavy atom. The van der Waals surface area contributed by atoms with Gasteiger partial charge in [0.1, 0.15) is 5.82 Å². The molecule has 2 N–H and O–H groups in total. The normalized spacial score (nSPS) is 11.9. The van der Waals surface area contributed by atoms with Gasteiger partial charge in [0.15, 0.2) is 0 Å². The summed E-state index contributed by atoms with van der Waals surface area (Å²) in [5.74, 6) is -1.35. The summed E-state index contributed by atoms with van der Waals surface area (Å²) < 4.78 is 13.6. The highest BCUT2D eigenvalue weighted by Crippen LogP contribution is 2.20. The average molecular weight is 294 g/mol. The van der Waals surface area contributed by atoms with Gasteiger partial charge in [0.25, 0.3) is 5.91 Å². The summed E-state index contributed by atoms with van der Waals surface area (Å²) in [4.78, 5) is 12.1. The molecular formula is C15H13ClFNO2. The van der Waals surface area contributed by atoms with Crippen molar-refractivity contribution in [2.75, 3.05) is 6.61 Å². The third-order valence-electron chi connectivity index (χ3n) is 2.88. The van der Waals surface area contributed by atoms with Gasteiger partial charge in [0.05, 0.1) is 23.2 Å². The number of hydrogen-bond donors (Lipinski definition) is 2. The summed E-state index contributed by atoms with van der Waals surface area (Å²) in [7, 11) is 0. The molecule has 1 amide bonds. The molecule has 104 valence electrons. The third kappa shape index (κ3) is 3.15. The minimum absolute atomic E-state index is 0.0345. The van der Waals surface area contributed by atoms with E-state index in [4.69, 9.17) is 11.6 Å². The van der Waals surface area contributed by atoms with E-state index in [0.717, 1.165) is 11.6 Å². The SMILES string of the molecule is O=C(N[C@@H](CO)c1ccccc1)c1c(F)cccc1Cl. The molecule has 0 unspecified atom stereocenters. The third-order valence-corrected chi connectivity index (χ3v) is 3.19. The molecule has 0 heterocycles. The number of nitrogens with one attached hydrogen (secondary N) is 1. The van der Waals surface area contributed by atoms with Gasteiger partial charge in [-0.2, -0.15) is 0 Å². The predicted molar refractivity (Wildman–Crippen MR) is 75.1 cm³/mol. The maximum atomic E-state index is 13.6. The molecular weight excluding hydrogens is 281 g/mol. The number of carbonyl (C=O) groups excluding carboxylic acids is 1. The summed E-state index contributed by atoms with van der Waals surface area (Å²) >= 11 is 5.83. The van der Waals surface area contributed by atoms with Crippen LogP contribution in [0.15, 0.2) is 48.5 Å². The van der Waals surface area contributed by atoms with Crippen LogP contribution in [-0.4, -0.2) is 17.6 Å². The van der Waals surface area contributed by atoms with Gasteiger partial charge in [0, 0.05) is 0 Å². The molecule has 3 nitrogen and oxygen atoms in total. The fraction of sp³-hybridized carbons (Fsp3) is 0.133. The number of aliphatic hydroxyl groups is 1. The standard InChI is InChI=1S/C15H13ClFNO2/c16-11-7-4-8-12(17)14(11)15(20)18-13(9-19)10-5-2-1-3-6-10/h1-8,13,19H,9H2,(H,18,20)/t13-/m0/s1. The topological polar surface area (TPSA) is 49.3 Å². The number of carbonyl (C=O) groups is 1. The molecule has 20 heavy (non-hydrogen) atoms. The molecule has 2 aromatic carbocycles. The number of benzene rings is 2. The second-order valence-electron chi connectivity index (χ2n) is 4.22. The molecule has 0 saturated carbocycles. The summed E-state index contributed by atoms with van der Waals surface area (Å²) in [6, 6.07) is 12.4. The van der Waals surface area contributed by atoms with E-state index in [1.54, 1.807) is 24.3 Å². The van der Waals surface area contributed by atoms with E-state index < -0.39 is 17.8 Å². The van der Waals surface area contributed by atoms with Crippen molar-refractivity contribution >= 4 is 17.5 Å². The van der Waals surface area contributed by atoms with Crippen molar-refractivity contribution in [1.29, 1.82) is 0 Å². The second-order valence-corrected chi connectivity index (χ2v) is 4.62. The van der Waals surface area contributed by atoms with E-state index in [-0.39, 0.29) is 17.2 Å². The highest BCUT2D eigenvalue weighted by molar-refractivity contribution is 6.33. The van der Waals surface area contributed by atoms with E-state index in [0.29, 0.717) is 0 Å². The number of hydrogen-bond acceptors (Lipinski definition) is 2. The van der Waals surface area contributed by atoms with Crippen LogP contribution in [0.2, 0.25) is 5.02 Å². The highest BCUT2D eigenvalue weighted by Gasteiger charge is 2.19. The maximum Gasteiger partial charge on any atom is 0.256 e. The first-order valence-corrected chi connectivity index (χ1v) is 6.42. The molecule has 5 heteroatoms. The summed E-state index contributed by atoms with van der Waals surface area (Å²) in [5, 5.41) is 12.0. The van der Waals surface area contributed by atoms with Crippen LogP contribution in [0.4, 0.5) is 4.39 Å². The zero-order chi connectivity index (χ0) is 14.5. The van der Waals surface area contributed by atoms with E-state index in [2.05, 4.69) is 5.32 Å². The minimum Gasteiger partial charge on any atom is -0.394 e. The molecule has 0 bridgehead atoms. The van der Waals surface area contributed by atoms with Crippen molar-refractivity contribution in [3.05, 3.63) is 70.5 Å². The van der Waals surface area contributed by atoms with Crippen molar-refractivity contribution in [2.24, 2.45) is 0 Å². The van der Waals surface area contributed by atoms with Crippen molar-refractivity contribution in [3.63, 3.8) is 0 Å². The first-order chi connectivity index (χ1) is 9.63. The minimum atomic E-state index is -0.695. The molecule has 0 aromatic heterocycles. The van der Waals surface area contributed by atoms with E-state index >= 15 is 0 Å². The lowest BCUT2D eigenvalue weighted by atomic mass is 10.1. The zero-order valence-electron chi connectivity index (χ0n) is 10.5. The molecule has 0 aliphatic heterocycles. The van der Waals surface area contributed by atoms with Crippen LogP contribution >= 0.6 is 11.6 Å². The van der Waals surface area contributed by atoms with Crippen LogP contribution in [0.5, 0.6) is 0 Å². The van der Waals surface area contributed by atoms with Gasteiger partial charge in [-0.3, -0.25) is 4.79 Å². The van der Waals surface area contributed by atoms with Crippen LogP contribution in [-0.2, 0) is 0 Å². The first-order valence-electron chi connectivity index (χ1n) is 6.04. The van der Waals surface area contributed by atoms with Crippen molar-refractivity contribution in [1.82, 2.24) is 5.32 Å². The largest absolute Gasteiger partial charge is 0.394 e. The van der Waals surface area contributed by atoms with Crippen LogP contribution in [0.1, 0.15) is 22.0 Å². The van der Waals surface area contributed by atoms with Gasteiger partial charge in [-0.05, 0) is 17.7 Å². The molecule has 2 rings (SSSR count). The fourth-order valence-electron chi connectivity index (χ4n) is 1.86. The smallest absolute Gasteiger partial charge is 0.256 e. The maximum absolute atomic E-state index is 13.6. The van der Waals surface area contributed by atoms with E-state index in [1.807, 2.05) is 6.07 Å². The Hall–Kier alpha value is -1.91. The van der Waals surface area contributed by atoms with Crippen LogP contribution in [0.3, 0.4) is 0 Å². The number of amides is 1. The molecule has 1 atom stereocenters. The highest BCUT2D eigenvalue weighted by atomic mass is 35.5. The molecule has 0 aliphatic carbocycles. The van der Waals surface area contributed by atoms with Gasteiger partial charge in [-0.25, -0.2) is 4.39 Å². The van der Waals surface area contributed by atoms with Gasteiger partial charge in [-0.15, -0.1) is 0 Å². The van der Waals surface area contributed by atoms with Crippen LogP contribution in [0, 0.1) is 5.82 Å². The molecule has 0 spiro atoms. The van der Waals surface area contributed by atoms with Gasteiger partial charge >= 0.3 is 0 Å². The van der Waals surface area contributed by atoms with Crippen molar-refractivity contribution in [3.8, 4) is 0 Å². The number of halogens is 2. The molecule has 0 radical (unpaired) electrons.